The molecule has 23 heavy (non-hydrogen) atoms. The third-order valence-corrected chi connectivity index (χ3v) is 4.56. The third-order valence-electron chi connectivity index (χ3n) is 4.56. The predicted octanol–water partition coefficient (Wildman–Crippen LogP) is 2.55. The Morgan fingerprint density at radius 2 is 2.09 bits per heavy atom. The molecule has 1 aromatic heterocycles. The van der Waals surface area contributed by atoms with Crippen molar-refractivity contribution in [1.82, 2.24) is 15.4 Å². The van der Waals surface area contributed by atoms with E-state index in [1.54, 1.807) is 4.90 Å². The van der Waals surface area contributed by atoms with Crippen molar-refractivity contribution in [3.05, 3.63) is 17.5 Å². The van der Waals surface area contributed by atoms with Gasteiger partial charge in [0, 0.05) is 31.1 Å². The van der Waals surface area contributed by atoms with Crippen LogP contribution in [0.2, 0.25) is 0 Å². The zero-order valence-corrected chi connectivity index (χ0v) is 13.1. The molecule has 1 amide bonds. The number of amides is 1. The van der Waals surface area contributed by atoms with Gasteiger partial charge in [0.2, 0.25) is 0 Å². The second kappa shape index (κ2) is 5.81. The van der Waals surface area contributed by atoms with Gasteiger partial charge in [-0.1, -0.05) is 5.16 Å². The summed E-state index contributed by atoms with van der Waals surface area (Å²) in [6, 6.07) is 0.561. The van der Waals surface area contributed by atoms with Crippen molar-refractivity contribution < 1.29 is 22.5 Å². The lowest BCUT2D eigenvalue weighted by Crippen LogP contribution is -2.45. The molecular weight excluding hydrogens is 311 g/mol. The first-order valence-corrected chi connectivity index (χ1v) is 7.84. The maximum absolute atomic E-state index is 13.2. The zero-order valence-electron chi connectivity index (χ0n) is 13.1. The van der Waals surface area contributed by atoms with Crippen molar-refractivity contribution in [3.8, 4) is 0 Å². The van der Waals surface area contributed by atoms with E-state index in [1.807, 2.05) is 13.8 Å². The van der Waals surface area contributed by atoms with Crippen molar-refractivity contribution >= 4 is 5.91 Å². The smallest absolute Gasteiger partial charge is 0.360 e. The molecule has 0 unspecified atom stereocenters. The number of alkyl halides is 3. The summed E-state index contributed by atoms with van der Waals surface area (Å²) in [5.41, 5.74) is 0.0517. The lowest BCUT2D eigenvalue weighted by molar-refractivity contribution is -0.175. The molecule has 0 spiro atoms. The van der Waals surface area contributed by atoms with Crippen LogP contribution >= 0.6 is 0 Å². The molecule has 1 saturated carbocycles. The summed E-state index contributed by atoms with van der Waals surface area (Å²) >= 11 is 0. The van der Waals surface area contributed by atoms with Gasteiger partial charge < -0.3 is 9.84 Å². The highest BCUT2D eigenvalue weighted by molar-refractivity contribution is 5.92. The molecule has 8 heteroatoms. The van der Waals surface area contributed by atoms with Gasteiger partial charge in [0.25, 0.3) is 5.91 Å². The van der Waals surface area contributed by atoms with E-state index in [0.717, 1.165) is 12.8 Å². The first-order valence-electron chi connectivity index (χ1n) is 7.84. The Morgan fingerprint density at radius 3 is 2.65 bits per heavy atom. The van der Waals surface area contributed by atoms with Gasteiger partial charge >= 0.3 is 6.18 Å². The van der Waals surface area contributed by atoms with Gasteiger partial charge in [-0.3, -0.25) is 9.69 Å². The number of carbonyl (C=O) groups is 1. The average Bonchev–Trinajstić information content (AvgIpc) is 3.01. The molecule has 2 heterocycles. The second-order valence-electron chi connectivity index (χ2n) is 6.66. The van der Waals surface area contributed by atoms with Crippen LogP contribution < -0.4 is 5.32 Å². The summed E-state index contributed by atoms with van der Waals surface area (Å²) in [6.07, 6.45) is -2.35. The standard InChI is InChI=1S/C15H20F3N3O2/c1-8(2)21-6-10(15(16,17)18)12(7-21)19-14(22)11-5-13(23-20-11)9-3-4-9/h5,8-10,12H,3-4,6-7H2,1-2H3,(H,19,22)/t10-,12-/m1/s1. The van der Waals surface area contributed by atoms with Gasteiger partial charge in [-0.15, -0.1) is 0 Å². The van der Waals surface area contributed by atoms with Gasteiger partial charge in [0.15, 0.2) is 5.69 Å². The Balaban J connectivity index is 1.69. The van der Waals surface area contributed by atoms with Gasteiger partial charge in [-0.2, -0.15) is 13.2 Å². The fourth-order valence-electron chi connectivity index (χ4n) is 2.93. The molecule has 1 aromatic rings. The van der Waals surface area contributed by atoms with Gasteiger partial charge in [0.05, 0.1) is 12.0 Å². The van der Waals surface area contributed by atoms with Crippen molar-refractivity contribution in [2.45, 2.75) is 50.9 Å². The molecule has 5 nitrogen and oxygen atoms in total. The van der Waals surface area contributed by atoms with Gasteiger partial charge in [-0.25, -0.2) is 0 Å². The number of halogens is 3. The molecular formula is C15H20F3N3O2. The van der Waals surface area contributed by atoms with E-state index in [2.05, 4.69) is 10.5 Å². The van der Waals surface area contributed by atoms with E-state index >= 15 is 0 Å². The Bertz CT molecular complexity index is 581. The van der Waals surface area contributed by atoms with Crippen LogP contribution in [0.1, 0.15) is 48.9 Å². The molecule has 1 saturated heterocycles. The first kappa shape index (κ1) is 16.3. The zero-order chi connectivity index (χ0) is 16.8. The third kappa shape index (κ3) is 3.52. The maximum atomic E-state index is 13.2. The van der Waals surface area contributed by atoms with Crippen molar-refractivity contribution in [1.29, 1.82) is 0 Å². The normalized spacial score (nSPS) is 26.0. The van der Waals surface area contributed by atoms with E-state index in [4.69, 9.17) is 4.52 Å². The first-order chi connectivity index (χ1) is 10.8. The number of nitrogens with one attached hydrogen (secondary N) is 1. The van der Waals surface area contributed by atoms with Crippen molar-refractivity contribution in [2.24, 2.45) is 5.92 Å². The second-order valence-corrected chi connectivity index (χ2v) is 6.66. The summed E-state index contributed by atoms with van der Waals surface area (Å²) < 4.78 is 44.7. The molecule has 0 radical (unpaired) electrons. The van der Waals surface area contributed by atoms with Crippen LogP contribution in [-0.2, 0) is 0 Å². The molecule has 1 aliphatic heterocycles. The Kier molecular flexibility index (Phi) is 4.12. The van der Waals surface area contributed by atoms with E-state index in [0.29, 0.717) is 11.7 Å². The van der Waals surface area contributed by atoms with Gasteiger partial charge in [-0.05, 0) is 26.7 Å². The van der Waals surface area contributed by atoms with E-state index < -0.39 is 24.0 Å². The molecule has 1 aliphatic carbocycles. The lowest BCUT2D eigenvalue weighted by Gasteiger charge is -2.21. The van der Waals surface area contributed by atoms with Gasteiger partial charge in [0.1, 0.15) is 5.76 Å². The van der Waals surface area contributed by atoms with Crippen LogP contribution in [0.25, 0.3) is 0 Å². The van der Waals surface area contributed by atoms with Crippen LogP contribution in [0.5, 0.6) is 0 Å². The number of hydrogen-bond donors (Lipinski definition) is 1. The SMILES string of the molecule is CC(C)N1C[C@@H](C(F)(F)F)[C@H](NC(=O)c2cc(C3CC3)on2)C1. The fraction of sp³-hybridized carbons (Fsp3) is 0.733. The van der Waals surface area contributed by atoms with Crippen LogP contribution in [-0.4, -0.2) is 47.3 Å². The predicted molar refractivity (Wildman–Crippen MR) is 76.0 cm³/mol. The van der Waals surface area contributed by atoms with Crippen LogP contribution in [0.15, 0.2) is 10.6 Å². The van der Waals surface area contributed by atoms with Crippen LogP contribution in [0.4, 0.5) is 13.2 Å². The number of likely N-dealkylation sites (tertiary alicyclic amines) is 1. The average molecular weight is 331 g/mol. The monoisotopic (exact) mass is 331 g/mol. The van der Waals surface area contributed by atoms with Crippen molar-refractivity contribution in [3.63, 3.8) is 0 Å². The Hall–Kier alpha value is -1.57. The molecule has 1 N–H and O–H groups in total. The fourth-order valence-corrected chi connectivity index (χ4v) is 2.93. The highest BCUT2D eigenvalue weighted by Gasteiger charge is 2.50. The highest BCUT2D eigenvalue weighted by Crippen LogP contribution is 2.40. The highest BCUT2D eigenvalue weighted by atomic mass is 19.4. The summed E-state index contributed by atoms with van der Waals surface area (Å²) in [5.74, 6) is -1.23. The summed E-state index contributed by atoms with van der Waals surface area (Å²) in [7, 11) is 0. The van der Waals surface area contributed by atoms with Crippen LogP contribution in [0, 0.1) is 5.92 Å². The quantitative estimate of drug-likeness (QED) is 0.921. The Labute approximate surface area is 132 Å². The largest absolute Gasteiger partial charge is 0.395 e. The lowest BCUT2D eigenvalue weighted by atomic mass is 10.0. The van der Waals surface area contributed by atoms with E-state index in [1.165, 1.54) is 6.07 Å². The number of hydrogen-bond acceptors (Lipinski definition) is 4. The summed E-state index contributed by atoms with van der Waals surface area (Å²) in [5, 5.41) is 6.17. The molecule has 0 aromatic carbocycles. The maximum Gasteiger partial charge on any atom is 0.395 e. The minimum atomic E-state index is -4.34. The number of rotatable bonds is 4. The molecule has 128 valence electrons. The molecule has 2 atom stereocenters. The number of nitrogens with zero attached hydrogens (tertiary/aromatic N) is 2. The number of carbonyl (C=O) groups excluding carboxylic acids is 1. The molecule has 3 rings (SSSR count). The molecule has 2 fully saturated rings. The minimum absolute atomic E-state index is 0.00438. The molecule has 0 bridgehead atoms. The topological polar surface area (TPSA) is 58.4 Å². The Morgan fingerprint density at radius 1 is 1.39 bits per heavy atom. The summed E-state index contributed by atoms with van der Waals surface area (Å²) in [4.78, 5) is 13.9. The summed E-state index contributed by atoms with van der Waals surface area (Å²) in [6.45, 7) is 3.77. The van der Waals surface area contributed by atoms with E-state index in [-0.39, 0.29) is 24.8 Å². The van der Waals surface area contributed by atoms with Crippen molar-refractivity contribution in [2.75, 3.05) is 13.1 Å². The van der Waals surface area contributed by atoms with E-state index in [9.17, 15) is 18.0 Å². The van der Waals surface area contributed by atoms with Crippen LogP contribution in [0.3, 0.4) is 0 Å². The minimum Gasteiger partial charge on any atom is -0.360 e. The molecule has 2 aliphatic rings. The number of aromatic nitrogens is 1.